The zero-order valence-electron chi connectivity index (χ0n) is 35.6. The lowest BCUT2D eigenvalue weighted by molar-refractivity contribution is -0.367. The second-order valence-electron chi connectivity index (χ2n) is 21.6. The number of ether oxygens (including phenoxy) is 6. The van der Waals surface area contributed by atoms with Gasteiger partial charge in [-0.3, -0.25) is 4.79 Å². The molecule has 7 fully saturated rings. The van der Waals surface area contributed by atoms with Gasteiger partial charge in [0.1, 0.15) is 49.3 Å². The van der Waals surface area contributed by atoms with Crippen LogP contribution < -0.4 is 0 Å². The van der Waals surface area contributed by atoms with Crippen LogP contribution in [0.25, 0.3) is 0 Å². The maximum atomic E-state index is 12.2. The van der Waals surface area contributed by atoms with Crippen LogP contribution >= 0.6 is 0 Å². The molecule has 0 aromatic rings. The second-order valence-corrected chi connectivity index (χ2v) is 21.6. The third kappa shape index (κ3) is 5.97. The fourth-order valence-corrected chi connectivity index (χ4v) is 14.5. The van der Waals surface area contributed by atoms with E-state index in [9.17, 15) is 40.5 Å². The number of carbonyl (C=O) groups is 1. The zero-order valence-corrected chi connectivity index (χ0v) is 35.6. The van der Waals surface area contributed by atoms with Crippen molar-refractivity contribution in [2.24, 2.45) is 50.2 Å². The van der Waals surface area contributed by atoms with E-state index in [2.05, 4.69) is 53.7 Å². The summed E-state index contributed by atoms with van der Waals surface area (Å²) < 4.78 is 36.5. The number of rotatable bonds is 7. The molecular weight excluding hydrogens is 752 g/mol. The van der Waals surface area contributed by atoms with Crippen molar-refractivity contribution in [2.75, 3.05) is 19.8 Å². The number of aliphatic hydroxyl groups excluding tert-OH is 7. The molecule has 21 atom stereocenters. The number of allylic oxidation sites excluding steroid dienone is 1. The minimum absolute atomic E-state index is 0.0264. The molecule has 8 rings (SSSR count). The Labute approximate surface area is 342 Å². The van der Waals surface area contributed by atoms with Gasteiger partial charge in [-0.2, -0.15) is 0 Å². The molecule has 7 N–H and O–H groups in total. The molecule has 3 saturated heterocycles. The van der Waals surface area contributed by atoms with Crippen molar-refractivity contribution in [3.8, 4) is 0 Å². The quantitative estimate of drug-likeness (QED) is 0.112. The van der Waals surface area contributed by atoms with E-state index in [0.29, 0.717) is 19.4 Å². The molecule has 1 spiro atoms. The van der Waals surface area contributed by atoms with Crippen molar-refractivity contribution < 1.29 is 69.0 Å². The lowest BCUT2D eigenvalue weighted by atomic mass is 9.32. The Balaban J connectivity index is 1.03. The summed E-state index contributed by atoms with van der Waals surface area (Å²) in [6.45, 7) is 16.8. The third-order valence-electron chi connectivity index (χ3n) is 18.2. The molecule has 5 aliphatic carbocycles. The highest BCUT2D eigenvalue weighted by atomic mass is 16.7. The summed E-state index contributed by atoms with van der Waals surface area (Å²) in [6, 6.07) is 0. The third-order valence-corrected chi connectivity index (χ3v) is 18.2. The van der Waals surface area contributed by atoms with Crippen LogP contribution in [0.5, 0.6) is 0 Å². The number of hydrogen-bond donors (Lipinski definition) is 7. The molecule has 58 heavy (non-hydrogen) atoms. The van der Waals surface area contributed by atoms with Crippen molar-refractivity contribution in [1.82, 2.24) is 0 Å². The average Bonchev–Trinajstić information content (AvgIpc) is 3.44. The Bertz CT molecular complexity index is 1610. The lowest BCUT2D eigenvalue weighted by Crippen LogP contribution is -2.72. The molecule has 330 valence electrons. The number of fused-ring (bicyclic) bond motifs is 4. The Hall–Kier alpha value is -1.27. The van der Waals surface area contributed by atoms with Gasteiger partial charge in [0, 0.05) is 29.1 Å². The van der Waals surface area contributed by atoms with Gasteiger partial charge >= 0.3 is 5.97 Å². The van der Waals surface area contributed by atoms with Gasteiger partial charge in [0.2, 0.25) is 0 Å². The fourth-order valence-electron chi connectivity index (χ4n) is 14.5. The first-order valence-corrected chi connectivity index (χ1v) is 21.8. The Kier molecular flexibility index (Phi) is 10.8. The van der Waals surface area contributed by atoms with E-state index < -0.39 is 97.2 Å². The topological polar surface area (TPSA) is 214 Å². The summed E-state index contributed by atoms with van der Waals surface area (Å²) in [6.07, 6.45) is -3.78. The highest BCUT2D eigenvalue weighted by molar-refractivity contribution is 5.65. The molecule has 2 bridgehead atoms. The maximum Gasteiger partial charge on any atom is 0.302 e. The predicted octanol–water partition coefficient (Wildman–Crippen LogP) is 2.35. The summed E-state index contributed by atoms with van der Waals surface area (Å²) in [5.41, 5.74) is -1.98. The molecule has 14 heteroatoms. The van der Waals surface area contributed by atoms with Crippen molar-refractivity contribution in [2.45, 2.75) is 186 Å². The molecule has 0 unspecified atom stereocenters. The molecule has 0 radical (unpaired) electrons. The van der Waals surface area contributed by atoms with Crippen LogP contribution in [0.15, 0.2) is 12.2 Å². The highest BCUT2D eigenvalue weighted by Crippen LogP contribution is 2.79. The molecule has 3 heterocycles. The minimum atomic E-state index is -1.76. The first-order chi connectivity index (χ1) is 27.0. The van der Waals surface area contributed by atoms with Crippen molar-refractivity contribution >= 4 is 5.97 Å². The van der Waals surface area contributed by atoms with Crippen LogP contribution in [0, 0.1) is 50.2 Å². The van der Waals surface area contributed by atoms with E-state index in [-0.39, 0.29) is 51.4 Å². The van der Waals surface area contributed by atoms with Crippen LogP contribution in [0.3, 0.4) is 0 Å². The summed E-state index contributed by atoms with van der Waals surface area (Å²) in [7, 11) is 0. The minimum Gasteiger partial charge on any atom is -0.463 e. The number of carbonyl (C=O) groups excluding carboxylic acids is 1. The molecule has 3 aliphatic heterocycles. The monoisotopic (exact) mass is 822 g/mol. The summed E-state index contributed by atoms with van der Waals surface area (Å²) in [5, 5.41) is 78.2. The number of hydrogen-bond acceptors (Lipinski definition) is 14. The van der Waals surface area contributed by atoms with E-state index in [1.54, 1.807) is 6.92 Å². The van der Waals surface area contributed by atoms with E-state index in [1.165, 1.54) is 6.92 Å². The average molecular weight is 823 g/mol. The normalized spacial score (nSPS) is 57.1. The van der Waals surface area contributed by atoms with Crippen LogP contribution in [0.1, 0.15) is 107 Å². The van der Waals surface area contributed by atoms with Crippen LogP contribution in [-0.4, -0.2) is 141 Å². The van der Waals surface area contributed by atoms with Crippen LogP contribution in [0.2, 0.25) is 0 Å². The molecule has 4 saturated carbocycles. The van der Waals surface area contributed by atoms with Crippen LogP contribution in [0.4, 0.5) is 0 Å². The summed E-state index contributed by atoms with van der Waals surface area (Å²) in [5.74, 6) is -0.223. The molecule has 0 amide bonds. The fraction of sp³-hybridized carbons (Fsp3) is 0.932. The molecule has 14 nitrogen and oxygen atoms in total. The SMILES string of the molecule is CC(=O)OC[C@H]1O[C@@H](O[C@@H]2[C@@H](O)[C@@H](C)O[C@@H](O[C@H]3CC[C@@]4(C)[C@@H](CC[C@]5(C)[C@@H]4C=C[C@]46OC[C@@]7(CCC(C)(C)C[C@@H]74)[C@H](O)C[C@]65C)[C@]3(C)CO)[C@@H]2O)[C@H](O)[C@H](O)[C@@H]1O. The van der Waals surface area contributed by atoms with Gasteiger partial charge < -0.3 is 64.2 Å². The van der Waals surface area contributed by atoms with Gasteiger partial charge in [-0.25, -0.2) is 0 Å². The van der Waals surface area contributed by atoms with Crippen molar-refractivity contribution in [1.29, 1.82) is 0 Å². The Morgan fingerprint density at radius 1 is 0.793 bits per heavy atom. The van der Waals surface area contributed by atoms with Gasteiger partial charge in [0.05, 0.1) is 37.1 Å². The molecule has 0 aromatic carbocycles. The van der Waals surface area contributed by atoms with E-state index in [4.69, 9.17) is 28.4 Å². The van der Waals surface area contributed by atoms with Gasteiger partial charge in [0.15, 0.2) is 12.6 Å². The van der Waals surface area contributed by atoms with E-state index in [0.717, 1.165) is 38.5 Å². The maximum absolute atomic E-state index is 12.2. The van der Waals surface area contributed by atoms with E-state index in [1.807, 2.05) is 0 Å². The smallest absolute Gasteiger partial charge is 0.302 e. The first kappa shape index (κ1) is 43.4. The highest BCUT2D eigenvalue weighted by Gasteiger charge is 2.79. The Morgan fingerprint density at radius 2 is 1.50 bits per heavy atom. The standard InChI is InChI=1S/C44H70O14/c1-22-30(48)35(58-36-33(51)32(50)31(49)24(56-36)19-53-23(2)46)34(52)37(55-22)57-29-11-12-39(5)25(40(29,6)20-45)9-13-41(7)26(39)10-14-44-27-17-38(3,4)15-16-43(27,21-54-44)28(47)18-42(41,44)8/h10,14,22,24-37,45,47-52H,9,11-13,15-21H2,1-8H3/t22-,24-,25-,26-,27+,28-,29+,30+,31-,32-,33-,34-,35-,36+,37+,39+,40+,41-,42+,43-,44+/m1/s1. The van der Waals surface area contributed by atoms with Gasteiger partial charge in [0.25, 0.3) is 0 Å². The Morgan fingerprint density at radius 3 is 2.19 bits per heavy atom. The largest absolute Gasteiger partial charge is 0.463 e. The number of esters is 1. The van der Waals surface area contributed by atoms with Gasteiger partial charge in [-0.05, 0) is 86.4 Å². The summed E-state index contributed by atoms with van der Waals surface area (Å²) >= 11 is 0. The molecular formula is C44H70O14. The molecule has 0 aromatic heterocycles. The van der Waals surface area contributed by atoms with Crippen LogP contribution in [-0.2, 0) is 33.2 Å². The first-order valence-electron chi connectivity index (χ1n) is 21.8. The summed E-state index contributed by atoms with van der Waals surface area (Å²) in [4.78, 5) is 11.4. The second kappa shape index (κ2) is 14.4. The molecule has 8 aliphatic rings. The lowest BCUT2D eigenvalue weighted by Gasteiger charge is -2.73. The van der Waals surface area contributed by atoms with Gasteiger partial charge in [-0.15, -0.1) is 0 Å². The number of aliphatic hydroxyl groups is 7. The zero-order chi connectivity index (χ0) is 42.2. The van der Waals surface area contributed by atoms with Gasteiger partial charge in [-0.1, -0.05) is 53.7 Å². The van der Waals surface area contributed by atoms with Crippen molar-refractivity contribution in [3.05, 3.63) is 12.2 Å². The van der Waals surface area contributed by atoms with Crippen molar-refractivity contribution in [3.63, 3.8) is 0 Å². The predicted molar refractivity (Wildman–Crippen MR) is 206 cm³/mol. The van der Waals surface area contributed by atoms with E-state index >= 15 is 0 Å².